The SMILES string of the molecule is O=C(O)CC1(NC(=O)c2ccc(O)cc2)CCCCC1. The number of hydrogen-bond donors (Lipinski definition) is 3. The third-order valence-electron chi connectivity index (χ3n) is 3.81. The van der Waals surface area contributed by atoms with Crippen molar-refractivity contribution in [1.29, 1.82) is 0 Å². The van der Waals surface area contributed by atoms with Crippen LogP contribution in [0.4, 0.5) is 0 Å². The van der Waals surface area contributed by atoms with E-state index in [-0.39, 0.29) is 18.1 Å². The zero-order valence-corrected chi connectivity index (χ0v) is 11.3. The van der Waals surface area contributed by atoms with Crippen LogP contribution in [0.25, 0.3) is 0 Å². The van der Waals surface area contributed by atoms with Crippen LogP contribution in [0.5, 0.6) is 5.75 Å². The second-order valence-corrected chi connectivity index (χ2v) is 5.41. The molecule has 0 aliphatic heterocycles. The average molecular weight is 277 g/mol. The van der Waals surface area contributed by atoms with Crippen LogP contribution >= 0.6 is 0 Å². The lowest BCUT2D eigenvalue weighted by Gasteiger charge is -2.37. The Labute approximate surface area is 117 Å². The molecule has 20 heavy (non-hydrogen) atoms. The highest BCUT2D eigenvalue weighted by Gasteiger charge is 2.35. The minimum atomic E-state index is -0.891. The normalized spacial score (nSPS) is 17.4. The van der Waals surface area contributed by atoms with E-state index in [4.69, 9.17) is 5.11 Å². The first-order chi connectivity index (χ1) is 9.51. The Kier molecular flexibility index (Phi) is 4.27. The standard InChI is InChI=1S/C15H19NO4/c17-12-6-4-11(5-7-12)14(20)16-15(10-13(18)19)8-2-1-3-9-15/h4-7,17H,1-3,8-10H2,(H,16,20)(H,18,19). The fourth-order valence-corrected chi connectivity index (χ4v) is 2.79. The molecule has 2 rings (SSSR count). The third-order valence-corrected chi connectivity index (χ3v) is 3.81. The molecule has 0 saturated heterocycles. The Morgan fingerprint density at radius 2 is 1.70 bits per heavy atom. The van der Waals surface area contributed by atoms with Gasteiger partial charge in [0.2, 0.25) is 0 Å². The number of carbonyl (C=O) groups is 2. The molecule has 5 nitrogen and oxygen atoms in total. The van der Waals surface area contributed by atoms with Crippen molar-refractivity contribution in [2.24, 2.45) is 0 Å². The zero-order valence-electron chi connectivity index (χ0n) is 11.3. The average Bonchev–Trinajstić information content (AvgIpc) is 2.39. The summed E-state index contributed by atoms with van der Waals surface area (Å²) in [6.07, 6.45) is 4.30. The van der Waals surface area contributed by atoms with Crippen molar-refractivity contribution in [2.75, 3.05) is 0 Å². The van der Waals surface area contributed by atoms with E-state index in [9.17, 15) is 14.7 Å². The van der Waals surface area contributed by atoms with Crippen molar-refractivity contribution in [1.82, 2.24) is 5.32 Å². The molecule has 1 fully saturated rings. The number of phenolic OH excluding ortho intramolecular Hbond substituents is 1. The summed E-state index contributed by atoms with van der Waals surface area (Å²) in [6.45, 7) is 0. The Morgan fingerprint density at radius 1 is 1.10 bits per heavy atom. The Balaban J connectivity index is 2.12. The number of benzene rings is 1. The van der Waals surface area contributed by atoms with Crippen molar-refractivity contribution >= 4 is 11.9 Å². The highest BCUT2D eigenvalue weighted by atomic mass is 16.4. The van der Waals surface area contributed by atoms with Gasteiger partial charge in [0, 0.05) is 5.56 Å². The summed E-state index contributed by atoms with van der Waals surface area (Å²) in [7, 11) is 0. The number of aliphatic carboxylic acids is 1. The molecule has 0 aromatic heterocycles. The summed E-state index contributed by atoms with van der Waals surface area (Å²) in [5, 5.41) is 21.2. The van der Waals surface area contributed by atoms with Gasteiger partial charge in [-0.15, -0.1) is 0 Å². The number of aromatic hydroxyl groups is 1. The van der Waals surface area contributed by atoms with Crippen LogP contribution in [0.1, 0.15) is 48.9 Å². The molecule has 0 atom stereocenters. The van der Waals surface area contributed by atoms with E-state index in [0.29, 0.717) is 18.4 Å². The van der Waals surface area contributed by atoms with Crippen LogP contribution in [-0.4, -0.2) is 27.6 Å². The van der Waals surface area contributed by atoms with E-state index < -0.39 is 11.5 Å². The summed E-state index contributed by atoms with van der Waals surface area (Å²) in [5.41, 5.74) is -0.211. The number of carbonyl (C=O) groups excluding carboxylic acids is 1. The van der Waals surface area contributed by atoms with Gasteiger partial charge in [0.05, 0.1) is 12.0 Å². The molecule has 0 spiro atoms. The summed E-state index contributed by atoms with van der Waals surface area (Å²) in [4.78, 5) is 23.3. The molecule has 108 valence electrons. The minimum absolute atomic E-state index is 0.0448. The van der Waals surface area contributed by atoms with Crippen molar-refractivity contribution in [2.45, 2.75) is 44.1 Å². The summed E-state index contributed by atoms with van der Waals surface area (Å²) >= 11 is 0. The predicted octanol–water partition coefficient (Wildman–Crippen LogP) is 2.30. The molecule has 0 heterocycles. The molecular weight excluding hydrogens is 258 g/mol. The van der Waals surface area contributed by atoms with E-state index in [1.54, 1.807) is 0 Å². The number of amides is 1. The van der Waals surface area contributed by atoms with Gasteiger partial charge < -0.3 is 15.5 Å². The van der Waals surface area contributed by atoms with Crippen molar-refractivity contribution in [3.63, 3.8) is 0 Å². The second kappa shape index (κ2) is 5.94. The molecule has 0 radical (unpaired) electrons. The highest BCUT2D eigenvalue weighted by Crippen LogP contribution is 2.31. The lowest BCUT2D eigenvalue weighted by Crippen LogP contribution is -2.51. The van der Waals surface area contributed by atoms with Gasteiger partial charge in [-0.05, 0) is 37.1 Å². The monoisotopic (exact) mass is 277 g/mol. The van der Waals surface area contributed by atoms with Crippen molar-refractivity contribution in [3.05, 3.63) is 29.8 Å². The molecule has 1 aliphatic carbocycles. The van der Waals surface area contributed by atoms with Crippen LogP contribution in [-0.2, 0) is 4.79 Å². The molecule has 0 bridgehead atoms. The topological polar surface area (TPSA) is 86.6 Å². The van der Waals surface area contributed by atoms with E-state index in [1.807, 2.05) is 0 Å². The van der Waals surface area contributed by atoms with Crippen molar-refractivity contribution < 1.29 is 19.8 Å². The molecule has 0 unspecified atom stereocenters. The first-order valence-corrected chi connectivity index (χ1v) is 6.84. The van der Waals surface area contributed by atoms with E-state index in [0.717, 1.165) is 19.3 Å². The zero-order chi connectivity index (χ0) is 14.6. The fourth-order valence-electron chi connectivity index (χ4n) is 2.79. The molecule has 1 saturated carbocycles. The molecule has 1 aromatic rings. The minimum Gasteiger partial charge on any atom is -0.508 e. The first kappa shape index (κ1) is 14.4. The Bertz CT molecular complexity index is 489. The van der Waals surface area contributed by atoms with E-state index in [1.165, 1.54) is 24.3 Å². The number of carboxylic acid groups (broad SMARTS) is 1. The Hall–Kier alpha value is -2.04. The maximum Gasteiger partial charge on any atom is 0.305 e. The van der Waals surface area contributed by atoms with Gasteiger partial charge in [-0.3, -0.25) is 9.59 Å². The number of carboxylic acids is 1. The fraction of sp³-hybridized carbons (Fsp3) is 0.467. The maximum atomic E-state index is 12.2. The van der Waals surface area contributed by atoms with Gasteiger partial charge in [-0.1, -0.05) is 19.3 Å². The van der Waals surface area contributed by atoms with Gasteiger partial charge >= 0.3 is 5.97 Å². The second-order valence-electron chi connectivity index (χ2n) is 5.41. The van der Waals surface area contributed by atoms with Crippen LogP contribution < -0.4 is 5.32 Å². The van der Waals surface area contributed by atoms with Crippen molar-refractivity contribution in [3.8, 4) is 5.75 Å². The van der Waals surface area contributed by atoms with Gasteiger partial charge in [0.1, 0.15) is 5.75 Å². The first-order valence-electron chi connectivity index (χ1n) is 6.84. The van der Waals surface area contributed by atoms with E-state index in [2.05, 4.69) is 5.32 Å². The summed E-state index contributed by atoms with van der Waals surface area (Å²) in [5.74, 6) is -1.08. The van der Waals surface area contributed by atoms with Gasteiger partial charge in [-0.2, -0.15) is 0 Å². The Morgan fingerprint density at radius 3 is 2.25 bits per heavy atom. The predicted molar refractivity (Wildman–Crippen MR) is 73.6 cm³/mol. The summed E-state index contributed by atoms with van der Waals surface area (Å²) in [6, 6.07) is 5.95. The third kappa shape index (κ3) is 3.50. The molecule has 1 aliphatic rings. The van der Waals surface area contributed by atoms with Crippen LogP contribution in [0.15, 0.2) is 24.3 Å². The van der Waals surface area contributed by atoms with Crippen LogP contribution in [0.2, 0.25) is 0 Å². The molecule has 3 N–H and O–H groups in total. The van der Waals surface area contributed by atoms with Gasteiger partial charge in [0.25, 0.3) is 5.91 Å². The largest absolute Gasteiger partial charge is 0.508 e. The molecule has 1 aromatic carbocycles. The van der Waals surface area contributed by atoms with Crippen LogP contribution in [0.3, 0.4) is 0 Å². The summed E-state index contributed by atoms with van der Waals surface area (Å²) < 4.78 is 0. The number of nitrogens with one attached hydrogen (secondary N) is 1. The maximum absolute atomic E-state index is 12.2. The molecule has 1 amide bonds. The van der Waals surface area contributed by atoms with Gasteiger partial charge in [0.15, 0.2) is 0 Å². The smallest absolute Gasteiger partial charge is 0.305 e. The van der Waals surface area contributed by atoms with E-state index >= 15 is 0 Å². The number of phenols is 1. The van der Waals surface area contributed by atoms with Gasteiger partial charge in [-0.25, -0.2) is 0 Å². The number of rotatable bonds is 4. The molecular formula is C15H19NO4. The quantitative estimate of drug-likeness (QED) is 0.788. The highest BCUT2D eigenvalue weighted by molar-refractivity contribution is 5.95. The van der Waals surface area contributed by atoms with Crippen LogP contribution in [0, 0.1) is 0 Å². The lowest BCUT2D eigenvalue weighted by atomic mass is 9.79. The number of hydrogen-bond acceptors (Lipinski definition) is 3. The molecule has 5 heteroatoms. The lowest BCUT2D eigenvalue weighted by molar-refractivity contribution is -0.139.